The van der Waals surface area contributed by atoms with Gasteiger partial charge in [-0.2, -0.15) is 0 Å². The molecule has 0 saturated carbocycles. The summed E-state index contributed by atoms with van der Waals surface area (Å²) < 4.78 is 0. The van der Waals surface area contributed by atoms with E-state index in [0.717, 1.165) is 17.7 Å². The number of aromatic nitrogens is 1. The van der Waals surface area contributed by atoms with Crippen LogP contribution in [0.2, 0.25) is 5.02 Å². The fraction of sp³-hybridized carbons (Fsp3) is 0.350. The summed E-state index contributed by atoms with van der Waals surface area (Å²) in [4.78, 5) is 22.9. The molecule has 2 heterocycles. The van der Waals surface area contributed by atoms with E-state index in [1.165, 1.54) is 0 Å². The molecule has 0 radical (unpaired) electrons. The number of carbonyl (C=O) groups is 1. The molecular weight excluding hydrogens is 397 g/mol. The van der Waals surface area contributed by atoms with Gasteiger partial charge < -0.3 is 15.5 Å². The first-order valence-corrected chi connectivity index (χ1v) is 10.0. The predicted molar refractivity (Wildman–Crippen MR) is 113 cm³/mol. The molecule has 0 spiro atoms. The molecule has 1 aliphatic heterocycles. The average molecular weight is 420 g/mol. The van der Waals surface area contributed by atoms with Crippen LogP contribution in [-0.2, 0) is 17.8 Å². The van der Waals surface area contributed by atoms with Crippen molar-refractivity contribution >= 4 is 34.9 Å². The van der Waals surface area contributed by atoms with Crippen molar-refractivity contribution in [2.75, 3.05) is 26.2 Å². The van der Waals surface area contributed by atoms with Crippen molar-refractivity contribution in [2.24, 2.45) is 4.99 Å². The average Bonchev–Trinajstić information content (AvgIpc) is 2.70. The molecular formula is C20H23Cl2N5O. The molecule has 28 heavy (non-hydrogen) atoms. The molecule has 1 aliphatic rings. The van der Waals surface area contributed by atoms with Crippen molar-refractivity contribution in [2.45, 2.75) is 18.5 Å². The van der Waals surface area contributed by atoms with E-state index in [-0.39, 0.29) is 5.91 Å². The van der Waals surface area contributed by atoms with Crippen LogP contribution in [-0.4, -0.2) is 53.3 Å². The number of benzene rings is 1. The Morgan fingerprint density at radius 3 is 2.86 bits per heavy atom. The SMILES string of the molecule is O=C1C(NCCc2ccccn2)=NCC(Cl)N1CCNCc1cccc(Cl)c1. The molecule has 6 nitrogen and oxygen atoms in total. The molecule has 8 heteroatoms. The molecule has 3 rings (SSSR count). The number of rotatable bonds is 8. The summed E-state index contributed by atoms with van der Waals surface area (Å²) in [6.07, 6.45) is 2.48. The Morgan fingerprint density at radius 1 is 1.18 bits per heavy atom. The molecule has 1 atom stereocenters. The lowest BCUT2D eigenvalue weighted by molar-refractivity contribution is -0.125. The molecule has 0 aliphatic carbocycles. The molecule has 2 aromatic rings. The summed E-state index contributed by atoms with van der Waals surface area (Å²) in [5.74, 6) is 0.194. The number of carbonyl (C=O) groups excluding carboxylic acids is 1. The fourth-order valence-electron chi connectivity index (χ4n) is 2.90. The number of pyridine rings is 1. The number of nitrogens with one attached hydrogen (secondary N) is 2. The first kappa shape index (κ1) is 20.6. The predicted octanol–water partition coefficient (Wildman–Crippen LogP) is 2.46. The number of aliphatic imine (C=N–C) groups is 1. The maximum absolute atomic E-state index is 12.7. The Kier molecular flexibility index (Phi) is 7.65. The van der Waals surface area contributed by atoms with Crippen LogP contribution in [0.3, 0.4) is 0 Å². The number of amidine groups is 1. The maximum atomic E-state index is 12.7. The highest BCUT2D eigenvalue weighted by atomic mass is 35.5. The Morgan fingerprint density at radius 2 is 2.07 bits per heavy atom. The molecule has 1 unspecified atom stereocenters. The van der Waals surface area contributed by atoms with E-state index >= 15 is 0 Å². The molecule has 1 aromatic heterocycles. The molecule has 1 aromatic carbocycles. The molecule has 0 fully saturated rings. The van der Waals surface area contributed by atoms with Crippen LogP contribution < -0.4 is 10.6 Å². The van der Waals surface area contributed by atoms with Gasteiger partial charge in [0.25, 0.3) is 5.91 Å². The van der Waals surface area contributed by atoms with Gasteiger partial charge in [-0.1, -0.05) is 41.4 Å². The highest BCUT2D eigenvalue weighted by Gasteiger charge is 2.29. The first-order valence-electron chi connectivity index (χ1n) is 9.22. The summed E-state index contributed by atoms with van der Waals surface area (Å²) >= 11 is 12.3. The topological polar surface area (TPSA) is 69.6 Å². The van der Waals surface area contributed by atoms with Crippen molar-refractivity contribution in [3.63, 3.8) is 0 Å². The maximum Gasteiger partial charge on any atom is 0.290 e. The standard InChI is InChI=1S/C20H23Cl2N5O/c21-16-5-3-4-15(12-16)13-23-10-11-27-18(22)14-26-19(20(27)28)25-9-7-17-6-1-2-8-24-17/h1-6,8,12,18,23H,7,9-11,13-14H2,(H,25,26). The van der Waals surface area contributed by atoms with Crippen LogP contribution >= 0.6 is 23.2 Å². The van der Waals surface area contributed by atoms with Gasteiger partial charge in [-0.25, -0.2) is 0 Å². The number of hydrogen-bond acceptors (Lipinski definition) is 5. The molecule has 1 amide bonds. The quantitative estimate of drug-likeness (QED) is 0.391. The van der Waals surface area contributed by atoms with Crippen LogP contribution in [0.4, 0.5) is 0 Å². The van der Waals surface area contributed by atoms with E-state index in [2.05, 4.69) is 20.6 Å². The van der Waals surface area contributed by atoms with Crippen molar-refractivity contribution in [1.29, 1.82) is 0 Å². The van der Waals surface area contributed by atoms with Crippen LogP contribution in [0, 0.1) is 0 Å². The summed E-state index contributed by atoms with van der Waals surface area (Å²) in [6.45, 7) is 2.79. The molecule has 0 saturated heterocycles. The minimum atomic E-state index is -0.429. The van der Waals surface area contributed by atoms with Crippen LogP contribution in [0.25, 0.3) is 0 Å². The number of amides is 1. The van der Waals surface area contributed by atoms with Gasteiger partial charge in [0.05, 0.1) is 6.54 Å². The highest BCUT2D eigenvalue weighted by molar-refractivity contribution is 6.40. The number of alkyl halides is 1. The zero-order valence-electron chi connectivity index (χ0n) is 15.4. The fourth-order valence-corrected chi connectivity index (χ4v) is 3.37. The first-order chi connectivity index (χ1) is 13.6. The molecule has 0 bridgehead atoms. The van der Waals surface area contributed by atoms with Gasteiger partial charge in [-0.3, -0.25) is 14.8 Å². The molecule has 148 valence electrons. The minimum Gasteiger partial charge on any atom is -0.365 e. The summed E-state index contributed by atoms with van der Waals surface area (Å²) in [7, 11) is 0. The van der Waals surface area contributed by atoms with Gasteiger partial charge in [-0.15, -0.1) is 0 Å². The highest BCUT2D eigenvalue weighted by Crippen LogP contribution is 2.12. The third-order valence-electron chi connectivity index (χ3n) is 4.35. The second-order valence-corrected chi connectivity index (χ2v) is 7.37. The van der Waals surface area contributed by atoms with Gasteiger partial charge in [0.15, 0.2) is 5.84 Å². The van der Waals surface area contributed by atoms with Crippen LogP contribution in [0.15, 0.2) is 53.7 Å². The monoisotopic (exact) mass is 419 g/mol. The van der Waals surface area contributed by atoms with Gasteiger partial charge in [-0.05, 0) is 29.8 Å². The largest absolute Gasteiger partial charge is 0.365 e. The van der Waals surface area contributed by atoms with Crippen molar-refractivity contribution in [3.8, 4) is 0 Å². The Balaban J connectivity index is 1.44. The van der Waals surface area contributed by atoms with E-state index in [4.69, 9.17) is 23.2 Å². The number of nitrogens with zero attached hydrogens (tertiary/aromatic N) is 3. The van der Waals surface area contributed by atoms with Crippen molar-refractivity contribution in [3.05, 3.63) is 64.9 Å². The Bertz CT molecular complexity index is 815. The van der Waals surface area contributed by atoms with E-state index < -0.39 is 5.50 Å². The lowest BCUT2D eigenvalue weighted by atomic mass is 10.2. The summed E-state index contributed by atoms with van der Waals surface area (Å²) in [5.41, 5.74) is 1.64. The van der Waals surface area contributed by atoms with Gasteiger partial charge in [0.1, 0.15) is 5.50 Å². The van der Waals surface area contributed by atoms with Crippen LogP contribution in [0.5, 0.6) is 0 Å². The normalized spacial score (nSPS) is 16.8. The zero-order valence-corrected chi connectivity index (χ0v) is 17.0. The van der Waals surface area contributed by atoms with Crippen molar-refractivity contribution in [1.82, 2.24) is 20.5 Å². The Hall–Kier alpha value is -2.15. The molecule has 2 N–H and O–H groups in total. The van der Waals surface area contributed by atoms with Crippen molar-refractivity contribution < 1.29 is 4.79 Å². The van der Waals surface area contributed by atoms with E-state index in [9.17, 15) is 4.79 Å². The van der Waals surface area contributed by atoms with E-state index in [0.29, 0.717) is 43.6 Å². The number of hydrogen-bond donors (Lipinski definition) is 2. The summed E-state index contributed by atoms with van der Waals surface area (Å²) in [6, 6.07) is 13.5. The zero-order chi connectivity index (χ0) is 19.8. The smallest absolute Gasteiger partial charge is 0.290 e. The third-order valence-corrected chi connectivity index (χ3v) is 4.96. The van der Waals surface area contributed by atoms with Crippen LogP contribution in [0.1, 0.15) is 11.3 Å². The second-order valence-electron chi connectivity index (χ2n) is 6.43. The van der Waals surface area contributed by atoms with Gasteiger partial charge in [0, 0.05) is 49.5 Å². The number of halogens is 2. The van der Waals surface area contributed by atoms with Gasteiger partial charge in [0.2, 0.25) is 0 Å². The van der Waals surface area contributed by atoms with Gasteiger partial charge >= 0.3 is 0 Å². The van der Waals surface area contributed by atoms with E-state index in [1.54, 1.807) is 11.1 Å². The second kappa shape index (κ2) is 10.4. The minimum absolute atomic E-state index is 0.170. The lowest BCUT2D eigenvalue weighted by Gasteiger charge is -2.31. The van der Waals surface area contributed by atoms with E-state index in [1.807, 2.05) is 42.5 Å². The summed E-state index contributed by atoms with van der Waals surface area (Å²) in [5, 5.41) is 7.15. The Labute approximate surface area is 175 Å². The lowest BCUT2D eigenvalue weighted by Crippen LogP contribution is -2.53. The third kappa shape index (κ3) is 5.92.